The summed E-state index contributed by atoms with van der Waals surface area (Å²) in [7, 11) is -2.82. The predicted octanol–water partition coefficient (Wildman–Crippen LogP) is 1.14. The van der Waals surface area contributed by atoms with Crippen LogP contribution in [0.15, 0.2) is 4.99 Å². The van der Waals surface area contributed by atoms with Crippen LogP contribution in [0.4, 0.5) is 0 Å². The lowest BCUT2D eigenvalue weighted by Crippen LogP contribution is -2.41. The second-order valence-electron chi connectivity index (χ2n) is 7.48. The van der Waals surface area contributed by atoms with Gasteiger partial charge >= 0.3 is 0 Å². The Kier molecular flexibility index (Phi) is 6.02. The zero-order valence-electron chi connectivity index (χ0n) is 14.7. The number of hydrogen-bond donors (Lipinski definition) is 1. The van der Waals surface area contributed by atoms with Crippen LogP contribution in [0.2, 0.25) is 0 Å². The molecule has 3 unspecified atom stereocenters. The first-order valence-corrected chi connectivity index (χ1v) is 11.2. The maximum absolute atomic E-state index is 11.6. The molecule has 3 atom stereocenters. The maximum Gasteiger partial charge on any atom is 0.193 e. The Labute approximate surface area is 146 Å². The Hall–Kier alpha value is -0.820. The average molecular weight is 358 g/mol. The van der Waals surface area contributed by atoms with Crippen molar-refractivity contribution in [3.05, 3.63) is 0 Å². The van der Waals surface area contributed by atoms with Gasteiger partial charge in [-0.1, -0.05) is 6.92 Å². The Bertz CT molecular complexity index is 543. The first-order chi connectivity index (χ1) is 11.6. The van der Waals surface area contributed by atoms with E-state index in [0.717, 1.165) is 51.6 Å². The van der Waals surface area contributed by atoms with Crippen molar-refractivity contribution in [2.75, 3.05) is 50.9 Å². The van der Waals surface area contributed by atoms with Gasteiger partial charge in [-0.25, -0.2) is 8.42 Å². The largest absolute Gasteiger partial charge is 0.381 e. The molecule has 7 heteroatoms. The molecule has 0 saturated carbocycles. The van der Waals surface area contributed by atoms with Gasteiger partial charge in [-0.05, 0) is 43.4 Å². The van der Waals surface area contributed by atoms with Crippen molar-refractivity contribution in [2.45, 2.75) is 32.6 Å². The molecule has 3 rings (SSSR count). The molecule has 0 aromatic rings. The normalized spacial score (nSPS) is 33.3. The Morgan fingerprint density at radius 2 is 2.17 bits per heavy atom. The highest BCUT2D eigenvalue weighted by Gasteiger charge is 2.33. The van der Waals surface area contributed by atoms with E-state index in [4.69, 9.17) is 9.73 Å². The van der Waals surface area contributed by atoms with E-state index in [1.807, 2.05) is 0 Å². The molecule has 138 valence electrons. The summed E-state index contributed by atoms with van der Waals surface area (Å²) in [5.74, 6) is 3.20. The first kappa shape index (κ1) is 18.0. The summed E-state index contributed by atoms with van der Waals surface area (Å²) in [6.07, 6.45) is 4.21. The highest BCUT2D eigenvalue weighted by molar-refractivity contribution is 7.91. The highest BCUT2D eigenvalue weighted by atomic mass is 32.2. The van der Waals surface area contributed by atoms with Crippen molar-refractivity contribution in [3.8, 4) is 0 Å². The van der Waals surface area contributed by atoms with Gasteiger partial charge in [0.15, 0.2) is 15.8 Å². The number of likely N-dealkylation sites (tertiary alicyclic amines) is 1. The van der Waals surface area contributed by atoms with Gasteiger partial charge in [0, 0.05) is 39.4 Å². The standard InChI is InChI=1S/C17H31N3O3S/c1-2-6-18-17(19-10-14-5-9-24(21,22)13-14)20-7-3-15(11-20)16-4-8-23-12-16/h14-16H,2-13H2,1H3,(H,18,19). The van der Waals surface area contributed by atoms with Crippen LogP contribution in [-0.2, 0) is 14.6 Å². The van der Waals surface area contributed by atoms with Crippen molar-refractivity contribution in [1.29, 1.82) is 0 Å². The molecule has 3 saturated heterocycles. The Morgan fingerprint density at radius 3 is 2.83 bits per heavy atom. The van der Waals surface area contributed by atoms with E-state index in [9.17, 15) is 8.42 Å². The van der Waals surface area contributed by atoms with Crippen LogP contribution in [0.3, 0.4) is 0 Å². The molecule has 0 radical (unpaired) electrons. The van der Waals surface area contributed by atoms with Crippen LogP contribution < -0.4 is 5.32 Å². The van der Waals surface area contributed by atoms with Crippen molar-refractivity contribution in [3.63, 3.8) is 0 Å². The molecule has 3 heterocycles. The molecule has 0 amide bonds. The van der Waals surface area contributed by atoms with Gasteiger partial charge < -0.3 is 15.0 Å². The zero-order valence-corrected chi connectivity index (χ0v) is 15.6. The molecule has 0 aromatic carbocycles. The summed E-state index contributed by atoms with van der Waals surface area (Å²) in [6, 6.07) is 0. The fraction of sp³-hybridized carbons (Fsp3) is 0.941. The minimum absolute atomic E-state index is 0.190. The fourth-order valence-corrected chi connectivity index (χ4v) is 5.87. The molecule has 3 aliphatic heterocycles. The third kappa shape index (κ3) is 4.63. The predicted molar refractivity (Wildman–Crippen MR) is 96.0 cm³/mol. The molecule has 0 bridgehead atoms. The molecule has 0 aromatic heterocycles. The molecular formula is C17H31N3O3S. The number of aliphatic imine (C=N–C) groups is 1. The van der Waals surface area contributed by atoms with Gasteiger partial charge in [0.2, 0.25) is 0 Å². The summed E-state index contributed by atoms with van der Waals surface area (Å²) in [6.45, 7) is 7.59. The summed E-state index contributed by atoms with van der Waals surface area (Å²) >= 11 is 0. The first-order valence-electron chi connectivity index (χ1n) is 9.39. The number of nitrogens with one attached hydrogen (secondary N) is 1. The number of nitrogens with zero attached hydrogens (tertiary/aromatic N) is 2. The molecule has 0 aliphatic carbocycles. The van der Waals surface area contributed by atoms with E-state index >= 15 is 0 Å². The lowest BCUT2D eigenvalue weighted by Gasteiger charge is -2.23. The quantitative estimate of drug-likeness (QED) is 0.590. The van der Waals surface area contributed by atoms with Gasteiger partial charge in [-0.3, -0.25) is 4.99 Å². The van der Waals surface area contributed by atoms with Gasteiger partial charge in [-0.15, -0.1) is 0 Å². The summed E-state index contributed by atoms with van der Waals surface area (Å²) in [4.78, 5) is 7.15. The number of hydrogen-bond acceptors (Lipinski definition) is 4. The molecule has 3 aliphatic rings. The van der Waals surface area contributed by atoms with Crippen molar-refractivity contribution in [1.82, 2.24) is 10.2 Å². The van der Waals surface area contributed by atoms with Crippen LogP contribution in [-0.4, -0.2) is 70.2 Å². The summed E-state index contributed by atoms with van der Waals surface area (Å²) in [5, 5.41) is 3.46. The lowest BCUT2D eigenvalue weighted by atomic mass is 9.91. The van der Waals surface area contributed by atoms with E-state index in [0.29, 0.717) is 29.9 Å². The molecular weight excluding hydrogens is 326 g/mol. The lowest BCUT2D eigenvalue weighted by molar-refractivity contribution is 0.173. The SMILES string of the molecule is CCCNC(=NCC1CCS(=O)(=O)C1)N1CCC(C2CCOC2)C1. The van der Waals surface area contributed by atoms with Crippen molar-refractivity contribution < 1.29 is 13.2 Å². The average Bonchev–Trinajstić information content (AvgIpc) is 3.27. The van der Waals surface area contributed by atoms with E-state index in [-0.39, 0.29) is 5.92 Å². The highest BCUT2D eigenvalue weighted by Crippen LogP contribution is 2.30. The van der Waals surface area contributed by atoms with Crippen LogP contribution in [0.5, 0.6) is 0 Å². The van der Waals surface area contributed by atoms with Crippen LogP contribution >= 0.6 is 0 Å². The van der Waals surface area contributed by atoms with Crippen molar-refractivity contribution >= 4 is 15.8 Å². The van der Waals surface area contributed by atoms with Gasteiger partial charge in [-0.2, -0.15) is 0 Å². The Morgan fingerprint density at radius 1 is 1.29 bits per heavy atom. The molecule has 24 heavy (non-hydrogen) atoms. The molecule has 6 nitrogen and oxygen atoms in total. The van der Waals surface area contributed by atoms with E-state index < -0.39 is 9.84 Å². The fourth-order valence-electron chi connectivity index (χ4n) is 4.03. The minimum Gasteiger partial charge on any atom is -0.381 e. The number of guanidine groups is 1. The van der Waals surface area contributed by atoms with E-state index in [1.165, 1.54) is 12.8 Å². The number of ether oxygens (including phenoxy) is 1. The maximum atomic E-state index is 11.6. The monoisotopic (exact) mass is 357 g/mol. The third-order valence-corrected chi connectivity index (χ3v) is 7.35. The van der Waals surface area contributed by atoms with Gasteiger partial charge in [0.1, 0.15) is 0 Å². The second kappa shape index (κ2) is 8.04. The topological polar surface area (TPSA) is 71.0 Å². The molecule has 3 fully saturated rings. The van der Waals surface area contributed by atoms with Gasteiger partial charge in [0.05, 0.1) is 11.5 Å². The van der Waals surface area contributed by atoms with Crippen LogP contribution in [0, 0.1) is 17.8 Å². The number of rotatable bonds is 5. The van der Waals surface area contributed by atoms with Crippen LogP contribution in [0.25, 0.3) is 0 Å². The van der Waals surface area contributed by atoms with E-state index in [1.54, 1.807) is 0 Å². The van der Waals surface area contributed by atoms with Crippen molar-refractivity contribution in [2.24, 2.45) is 22.7 Å². The molecule has 1 N–H and O–H groups in total. The second-order valence-corrected chi connectivity index (χ2v) is 9.71. The summed E-state index contributed by atoms with van der Waals surface area (Å²) < 4.78 is 28.8. The molecule has 0 spiro atoms. The summed E-state index contributed by atoms with van der Waals surface area (Å²) in [5.41, 5.74) is 0. The minimum atomic E-state index is -2.82. The van der Waals surface area contributed by atoms with Gasteiger partial charge in [0.25, 0.3) is 0 Å². The number of sulfone groups is 1. The Balaban J connectivity index is 1.58. The van der Waals surface area contributed by atoms with Crippen LogP contribution in [0.1, 0.15) is 32.6 Å². The van der Waals surface area contributed by atoms with E-state index in [2.05, 4.69) is 17.1 Å². The third-order valence-electron chi connectivity index (χ3n) is 5.51. The zero-order chi connectivity index (χ0) is 17.0. The smallest absolute Gasteiger partial charge is 0.193 e.